The van der Waals surface area contributed by atoms with E-state index in [1.807, 2.05) is 12.1 Å². The van der Waals surface area contributed by atoms with Crippen LogP contribution in [0.2, 0.25) is 10.0 Å². The minimum absolute atomic E-state index is 0.0512. The summed E-state index contributed by atoms with van der Waals surface area (Å²) in [5, 5.41) is 1.34. The molecular formula is C12H12Cl2N2O. The molecule has 3 N–H and O–H groups in total. The molecule has 0 spiro atoms. The zero-order chi connectivity index (χ0) is 12.3. The lowest BCUT2D eigenvalue weighted by molar-refractivity contribution is 0.525. The molecule has 0 radical (unpaired) electrons. The van der Waals surface area contributed by atoms with E-state index in [1.54, 1.807) is 24.7 Å². The van der Waals surface area contributed by atoms with Crippen LogP contribution in [0.3, 0.4) is 0 Å². The molecule has 3 nitrogen and oxygen atoms in total. The van der Waals surface area contributed by atoms with E-state index in [-0.39, 0.29) is 6.04 Å². The van der Waals surface area contributed by atoms with Crippen molar-refractivity contribution in [3.05, 3.63) is 58.0 Å². The molecule has 90 valence electrons. The Kier molecular flexibility index (Phi) is 4.07. The Labute approximate surface area is 109 Å². The lowest BCUT2D eigenvalue weighted by Gasteiger charge is -2.15. The van der Waals surface area contributed by atoms with Crippen LogP contribution < -0.4 is 11.3 Å². The van der Waals surface area contributed by atoms with Gasteiger partial charge in [0.15, 0.2) is 0 Å². The second kappa shape index (κ2) is 5.56. The van der Waals surface area contributed by atoms with E-state index in [4.69, 9.17) is 33.5 Å². The van der Waals surface area contributed by atoms with Crippen LogP contribution in [0.1, 0.15) is 17.2 Å². The highest BCUT2D eigenvalue weighted by Crippen LogP contribution is 2.26. The highest BCUT2D eigenvalue weighted by Gasteiger charge is 2.13. The van der Waals surface area contributed by atoms with E-state index in [9.17, 15) is 0 Å². The number of furan rings is 1. The van der Waals surface area contributed by atoms with Crippen LogP contribution in [-0.2, 0) is 6.42 Å². The van der Waals surface area contributed by atoms with E-state index >= 15 is 0 Å². The predicted octanol–water partition coefficient (Wildman–Crippen LogP) is 3.33. The average molecular weight is 271 g/mol. The second-order valence-electron chi connectivity index (χ2n) is 3.72. The highest BCUT2D eigenvalue weighted by atomic mass is 35.5. The first-order valence-corrected chi connectivity index (χ1v) is 5.88. The van der Waals surface area contributed by atoms with E-state index in [1.165, 1.54) is 0 Å². The zero-order valence-electron chi connectivity index (χ0n) is 8.99. The van der Waals surface area contributed by atoms with Crippen LogP contribution in [0.15, 0.2) is 41.2 Å². The normalized spacial score (nSPS) is 12.6. The fourth-order valence-electron chi connectivity index (χ4n) is 1.67. The standard InChI is InChI=1S/C12H12Cl2N2O/c13-10-1-2-11(14)9(5-10)6-12(16-15)8-3-4-17-7-8/h1-5,7,12,16H,6,15H2. The van der Waals surface area contributed by atoms with Crippen LogP contribution >= 0.6 is 23.2 Å². The molecule has 0 aliphatic heterocycles. The molecule has 1 aromatic carbocycles. The highest BCUT2D eigenvalue weighted by molar-refractivity contribution is 6.33. The van der Waals surface area contributed by atoms with Gasteiger partial charge in [-0.25, -0.2) is 0 Å². The maximum Gasteiger partial charge on any atom is 0.0950 e. The number of nitrogens with one attached hydrogen (secondary N) is 1. The van der Waals surface area contributed by atoms with E-state index in [0.29, 0.717) is 16.5 Å². The summed E-state index contributed by atoms with van der Waals surface area (Å²) in [6, 6.07) is 7.19. The Morgan fingerprint density at radius 3 is 2.76 bits per heavy atom. The van der Waals surface area contributed by atoms with Crippen LogP contribution in [0.4, 0.5) is 0 Å². The fourth-order valence-corrected chi connectivity index (χ4v) is 2.06. The zero-order valence-corrected chi connectivity index (χ0v) is 10.5. The molecule has 0 fully saturated rings. The van der Waals surface area contributed by atoms with Crippen molar-refractivity contribution in [3.8, 4) is 0 Å². The van der Waals surface area contributed by atoms with Crippen LogP contribution in [-0.4, -0.2) is 0 Å². The van der Waals surface area contributed by atoms with Gasteiger partial charge in [-0.2, -0.15) is 0 Å². The number of hydrazine groups is 1. The number of nitrogens with two attached hydrogens (primary N) is 1. The lowest BCUT2D eigenvalue weighted by atomic mass is 10.0. The van der Waals surface area contributed by atoms with E-state index in [2.05, 4.69) is 5.43 Å². The van der Waals surface area contributed by atoms with Crippen molar-refractivity contribution in [2.45, 2.75) is 12.5 Å². The van der Waals surface area contributed by atoms with Gasteiger partial charge in [0.1, 0.15) is 0 Å². The quantitative estimate of drug-likeness (QED) is 0.662. The van der Waals surface area contributed by atoms with Crippen molar-refractivity contribution in [1.82, 2.24) is 5.43 Å². The first-order chi connectivity index (χ1) is 8.20. The summed E-state index contributed by atoms with van der Waals surface area (Å²) in [5.41, 5.74) is 4.66. The molecule has 0 saturated carbocycles. The van der Waals surface area contributed by atoms with Gasteiger partial charge in [0.25, 0.3) is 0 Å². The SMILES string of the molecule is NNC(Cc1cc(Cl)ccc1Cl)c1ccoc1. The number of hydrogen-bond acceptors (Lipinski definition) is 3. The first kappa shape index (κ1) is 12.5. The van der Waals surface area contributed by atoms with Gasteiger partial charge in [-0.05, 0) is 36.2 Å². The molecule has 1 atom stereocenters. The summed E-state index contributed by atoms with van der Waals surface area (Å²) in [6.45, 7) is 0. The minimum atomic E-state index is -0.0512. The topological polar surface area (TPSA) is 51.2 Å². The third-order valence-electron chi connectivity index (χ3n) is 2.58. The van der Waals surface area contributed by atoms with Gasteiger partial charge in [0, 0.05) is 15.6 Å². The molecule has 0 saturated heterocycles. The minimum Gasteiger partial charge on any atom is -0.472 e. The molecule has 0 amide bonds. The summed E-state index contributed by atoms with van der Waals surface area (Å²) >= 11 is 12.0. The van der Waals surface area contributed by atoms with Crippen molar-refractivity contribution >= 4 is 23.2 Å². The Balaban J connectivity index is 2.21. The molecule has 17 heavy (non-hydrogen) atoms. The molecule has 0 bridgehead atoms. The lowest BCUT2D eigenvalue weighted by Crippen LogP contribution is -2.29. The summed E-state index contributed by atoms with van der Waals surface area (Å²) < 4.78 is 5.03. The van der Waals surface area contributed by atoms with Gasteiger partial charge in [-0.1, -0.05) is 23.2 Å². The summed E-state index contributed by atoms with van der Waals surface area (Å²) in [6.07, 6.45) is 3.91. The van der Waals surface area contributed by atoms with Crippen LogP contribution in [0, 0.1) is 0 Å². The van der Waals surface area contributed by atoms with E-state index in [0.717, 1.165) is 11.1 Å². The molecule has 0 aliphatic carbocycles. The van der Waals surface area contributed by atoms with Gasteiger partial charge >= 0.3 is 0 Å². The van der Waals surface area contributed by atoms with Gasteiger partial charge < -0.3 is 4.42 Å². The molecule has 1 heterocycles. The average Bonchev–Trinajstić information content (AvgIpc) is 2.84. The van der Waals surface area contributed by atoms with Crippen molar-refractivity contribution in [2.24, 2.45) is 5.84 Å². The molecule has 1 aromatic heterocycles. The van der Waals surface area contributed by atoms with Crippen LogP contribution in [0.5, 0.6) is 0 Å². The number of benzene rings is 1. The van der Waals surface area contributed by atoms with Gasteiger partial charge in [0.2, 0.25) is 0 Å². The number of rotatable bonds is 4. The first-order valence-electron chi connectivity index (χ1n) is 5.13. The summed E-state index contributed by atoms with van der Waals surface area (Å²) in [7, 11) is 0. The van der Waals surface area contributed by atoms with Crippen molar-refractivity contribution in [3.63, 3.8) is 0 Å². The Bertz CT molecular complexity index is 485. The Morgan fingerprint density at radius 2 is 2.12 bits per heavy atom. The Hall–Kier alpha value is -1.00. The van der Waals surface area contributed by atoms with Crippen molar-refractivity contribution < 1.29 is 4.42 Å². The molecule has 2 aromatic rings. The Morgan fingerprint density at radius 1 is 1.29 bits per heavy atom. The molecule has 5 heteroatoms. The summed E-state index contributed by atoms with van der Waals surface area (Å²) in [4.78, 5) is 0. The van der Waals surface area contributed by atoms with E-state index < -0.39 is 0 Å². The van der Waals surface area contributed by atoms with Gasteiger partial charge in [-0.15, -0.1) is 0 Å². The smallest absolute Gasteiger partial charge is 0.0950 e. The molecule has 0 aliphatic rings. The number of hydrogen-bond donors (Lipinski definition) is 2. The maximum atomic E-state index is 6.11. The maximum absolute atomic E-state index is 6.11. The second-order valence-corrected chi connectivity index (χ2v) is 4.56. The molecule has 2 rings (SSSR count). The third kappa shape index (κ3) is 3.01. The summed E-state index contributed by atoms with van der Waals surface area (Å²) in [5.74, 6) is 5.53. The largest absolute Gasteiger partial charge is 0.472 e. The molecular weight excluding hydrogens is 259 g/mol. The monoisotopic (exact) mass is 270 g/mol. The molecule has 1 unspecified atom stereocenters. The fraction of sp³-hybridized carbons (Fsp3) is 0.167. The predicted molar refractivity (Wildman–Crippen MR) is 68.9 cm³/mol. The van der Waals surface area contributed by atoms with Crippen molar-refractivity contribution in [1.29, 1.82) is 0 Å². The third-order valence-corrected chi connectivity index (χ3v) is 3.18. The van der Waals surface area contributed by atoms with Crippen LogP contribution in [0.25, 0.3) is 0 Å². The van der Waals surface area contributed by atoms with Gasteiger partial charge in [0.05, 0.1) is 18.6 Å². The number of halogens is 2. The van der Waals surface area contributed by atoms with Gasteiger partial charge in [-0.3, -0.25) is 11.3 Å². The van der Waals surface area contributed by atoms with Crippen molar-refractivity contribution in [2.75, 3.05) is 0 Å².